The number of halogens is 1. The molecule has 1 N–H and O–H groups in total. The molecule has 0 amide bonds. The van der Waals surface area contributed by atoms with E-state index >= 15 is 0 Å². The van der Waals surface area contributed by atoms with Crippen LogP contribution in [0.1, 0.15) is 12.5 Å². The van der Waals surface area contributed by atoms with Gasteiger partial charge in [-0.25, -0.2) is 0 Å². The Hall–Kier alpha value is -0.570. The van der Waals surface area contributed by atoms with Gasteiger partial charge in [0.1, 0.15) is 0 Å². The van der Waals surface area contributed by atoms with Gasteiger partial charge in [0.2, 0.25) is 0 Å². The lowest BCUT2D eigenvalue weighted by molar-refractivity contribution is 0.0983. The van der Waals surface area contributed by atoms with Crippen LogP contribution in [0.5, 0.6) is 0 Å². The molecule has 1 rings (SSSR count). The Balaban J connectivity index is 2.66. The number of benzene rings is 1. The van der Waals surface area contributed by atoms with E-state index in [1.807, 2.05) is 24.3 Å². The van der Waals surface area contributed by atoms with Crippen LogP contribution >= 0.6 is 11.6 Å². The molecule has 0 fully saturated rings. The Morgan fingerprint density at radius 3 is 2.62 bits per heavy atom. The van der Waals surface area contributed by atoms with Crippen molar-refractivity contribution in [3.63, 3.8) is 0 Å². The average molecular weight is 243 g/mol. The van der Waals surface area contributed by atoms with E-state index in [1.165, 1.54) is 0 Å². The molecule has 0 aliphatic rings. The number of aliphatic hydroxyl groups is 1. The van der Waals surface area contributed by atoms with Crippen molar-refractivity contribution < 1.29 is 9.84 Å². The number of rotatable bonds is 6. The quantitative estimate of drug-likeness (QED) is 0.831. The van der Waals surface area contributed by atoms with Crippen LogP contribution in [0.15, 0.2) is 24.3 Å². The molecule has 0 aliphatic heterocycles. The maximum Gasteiger partial charge on any atom is 0.0491 e. The lowest BCUT2D eigenvalue weighted by Crippen LogP contribution is -2.22. The smallest absolute Gasteiger partial charge is 0.0491 e. The summed E-state index contributed by atoms with van der Waals surface area (Å²) in [6.45, 7) is 2.91. The Morgan fingerprint density at radius 2 is 2.06 bits per heavy atom. The second kappa shape index (κ2) is 6.89. The zero-order valence-electron chi connectivity index (χ0n) is 9.82. The minimum Gasteiger partial charge on any atom is -0.396 e. The van der Waals surface area contributed by atoms with E-state index < -0.39 is 0 Å². The second-order valence-electron chi connectivity index (χ2n) is 4.17. The van der Waals surface area contributed by atoms with Gasteiger partial charge in [-0.1, -0.05) is 36.7 Å². The van der Waals surface area contributed by atoms with Crippen LogP contribution in [-0.4, -0.2) is 25.4 Å². The summed E-state index contributed by atoms with van der Waals surface area (Å²) in [4.78, 5) is 0. The molecule has 0 saturated carbocycles. The van der Waals surface area contributed by atoms with Crippen LogP contribution < -0.4 is 0 Å². The lowest BCUT2D eigenvalue weighted by Gasteiger charge is -2.21. The van der Waals surface area contributed by atoms with E-state index in [4.69, 9.17) is 16.3 Å². The monoisotopic (exact) mass is 242 g/mol. The zero-order valence-corrected chi connectivity index (χ0v) is 10.6. The molecule has 0 aromatic heterocycles. The van der Waals surface area contributed by atoms with Crippen molar-refractivity contribution >= 4 is 11.6 Å². The van der Waals surface area contributed by atoms with Crippen LogP contribution in [0.2, 0.25) is 5.02 Å². The van der Waals surface area contributed by atoms with Gasteiger partial charge in [0, 0.05) is 25.3 Å². The maximum atomic E-state index is 9.38. The van der Waals surface area contributed by atoms with Crippen molar-refractivity contribution in [1.29, 1.82) is 0 Å². The van der Waals surface area contributed by atoms with Crippen LogP contribution in [0.3, 0.4) is 0 Å². The molecule has 2 nitrogen and oxygen atoms in total. The topological polar surface area (TPSA) is 29.5 Å². The normalized spacial score (nSPS) is 14.8. The highest BCUT2D eigenvalue weighted by Gasteiger charge is 2.17. The van der Waals surface area contributed by atoms with Crippen molar-refractivity contribution in [2.75, 3.05) is 20.3 Å². The van der Waals surface area contributed by atoms with Crippen molar-refractivity contribution in [1.82, 2.24) is 0 Å². The first-order valence-corrected chi connectivity index (χ1v) is 5.90. The Kier molecular flexibility index (Phi) is 5.81. The Bertz CT molecular complexity index is 315. The summed E-state index contributed by atoms with van der Waals surface area (Å²) < 4.78 is 5.11. The van der Waals surface area contributed by atoms with Gasteiger partial charge in [-0.05, 0) is 29.9 Å². The fraction of sp³-hybridized carbons (Fsp3) is 0.538. The molecule has 0 radical (unpaired) electrons. The highest BCUT2D eigenvalue weighted by atomic mass is 35.5. The molecule has 0 aliphatic carbocycles. The number of ether oxygens (including phenoxy) is 1. The first kappa shape index (κ1) is 13.5. The van der Waals surface area contributed by atoms with E-state index in [9.17, 15) is 5.11 Å². The molecule has 2 atom stereocenters. The van der Waals surface area contributed by atoms with E-state index in [0.717, 1.165) is 17.0 Å². The average Bonchev–Trinajstić information content (AvgIpc) is 2.28. The van der Waals surface area contributed by atoms with Gasteiger partial charge in [0.25, 0.3) is 0 Å². The SMILES string of the molecule is COCC(C)C(CO)Cc1ccccc1Cl. The van der Waals surface area contributed by atoms with Gasteiger partial charge >= 0.3 is 0 Å². The summed E-state index contributed by atoms with van der Waals surface area (Å²) in [7, 11) is 1.68. The van der Waals surface area contributed by atoms with Crippen LogP contribution in [0.4, 0.5) is 0 Å². The Morgan fingerprint density at radius 1 is 1.38 bits per heavy atom. The predicted molar refractivity (Wildman–Crippen MR) is 66.8 cm³/mol. The van der Waals surface area contributed by atoms with Crippen LogP contribution in [0, 0.1) is 11.8 Å². The van der Waals surface area contributed by atoms with Gasteiger partial charge in [-0.2, -0.15) is 0 Å². The molecular formula is C13H19ClO2. The molecule has 1 aromatic rings. The molecular weight excluding hydrogens is 224 g/mol. The molecule has 0 heterocycles. The maximum absolute atomic E-state index is 9.38. The molecule has 0 spiro atoms. The predicted octanol–water partition coefficient (Wildman–Crippen LogP) is 2.77. The largest absolute Gasteiger partial charge is 0.396 e. The fourth-order valence-corrected chi connectivity index (χ4v) is 2.00. The first-order chi connectivity index (χ1) is 7.69. The first-order valence-electron chi connectivity index (χ1n) is 5.52. The van der Waals surface area contributed by atoms with Crippen molar-refractivity contribution in [2.24, 2.45) is 11.8 Å². The number of hydrogen-bond donors (Lipinski definition) is 1. The van der Waals surface area contributed by atoms with E-state index in [-0.39, 0.29) is 12.5 Å². The highest BCUT2D eigenvalue weighted by molar-refractivity contribution is 6.31. The third kappa shape index (κ3) is 3.78. The molecule has 1 aromatic carbocycles. The van der Waals surface area contributed by atoms with Crippen LogP contribution in [0.25, 0.3) is 0 Å². The highest BCUT2D eigenvalue weighted by Crippen LogP contribution is 2.22. The minimum atomic E-state index is 0.162. The second-order valence-corrected chi connectivity index (χ2v) is 4.58. The van der Waals surface area contributed by atoms with Gasteiger partial charge in [-0.3, -0.25) is 0 Å². The third-order valence-electron chi connectivity index (χ3n) is 2.91. The van der Waals surface area contributed by atoms with Crippen LogP contribution in [-0.2, 0) is 11.2 Å². The van der Waals surface area contributed by atoms with Crippen molar-refractivity contribution in [2.45, 2.75) is 13.3 Å². The number of methoxy groups -OCH3 is 1. The van der Waals surface area contributed by atoms with Gasteiger partial charge < -0.3 is 9.84 Å². The summed E-state index contributed by atoms with van der Waals surface area (Å²) in [5.41, 5.74) is 1.09. The summed E-state index contributed by atoms with van der Waals surface area (Å²) in [6, 6.07) is 7.77. The molecule has 16 heavy (non-hydrogen) atoms. The minimum absolute atomic E-state index is 0.162. The summed E-state index contributed by atoms with van der Waals surface area (Å²) in [5, 5.41) is 10.1. The van der Waals surface area contributed by atoms with E-state index in [1.54, 1.807) is 7.11 Å². The van der Waals surface area contributed by atoms with Gasteiger partial charge in [-0.15, -0.1) is 0 Å². The van der Waals surface area contributed by atoms with Crippen molar-refractivity contribution in [3.8, 4) is 0 Å². The number of hydrogen-bond acceptors (Lipinski definition) is 2. The molecule has 2 unspecified atom stereocenters. The molecule has 3 heteroatoms. The van der Waals surface area contributed by atoms with Gasteiger partial charge in [0.15, 0.2) is 0 Å². The summed E-state index contributed by atoms with van der Waals surface area (Å²) in [6.07, 6.45) is 0.792. The zero-order chi connectivity index (χ0) is 12.0. The third-order valence-corrected chi connectivity index (χ3v) is 3.28. The van der Waals surface area contributed by atoms with Gasteiger partial charge in [0.05, 0.1) is 0 Å². The standard InChI is InChI=1S/C13H19ClO2/c1-10(9-16-2)12(8-15)7-11-5-3-4-6-13(11)14/h3-6,10,12,15H,7-9H2,1-2H3. The number of aliphatic hydroxyl groups excluding tert-OH is 1. The van der Waals surface area contributed by atoms with Crippen molar-refractivity contribution in [3.05, 3.63) is 34.9 Å². The molecule has 0 saturated heterocycles. The van der Waals surface area contributed by atoms with E-state index in [2.05, 4.69) is 6.92 Å². The summed E-state index contributed by atoms with van der Waals surface area (Å²) in [5.74, 6) is 0.520. The molecule has 90 valence electrons. The lowest BCUT2D eigenvalue weighted by atomic mass is 9.89. The Labute approximate surface area is 102 Å². The van der Waals surface area contributed by atoms with E-state index in [0.29, 0.717) is 12.5 Å². The molecule has 0 bridgehead atoms. The fourth-order valence-electron chi connectivity index (χ4n) is 1.79. The summed E-state index contributed by atoms with van der Waals surface area (Å²) >= 11 is 6.09.